The maximum atomic E-state index is 14.7. The zero-order chi connectivity index (χ0) is 21.1. The number of carbonyl (C=O) groups is 1. The SMILES string of the molecule is COc1c(Cl)ccc(-c2nc(N)c(Cl)c(C(=O)OCc3ccc(Cl)nc3)n2)c1F. The van der Waals surface area contributed by atoms with Crippen LogP contribution in [0.5, 0.6) is 5.75 Å². The van der Waals surface area contributed by atoms with Crippen LogP contribution in [0.25, 0.3) is 11.4 Å². The maximum absolute atomic E-state index is 14.7. The minimum absolute atomic E-state index is 0.0619. The first-order valence-corrected chi connectivity index (χ1v) is 9.08. The standard InChI is InChI=1S/C18H12Cl3FN4O3/c1-28-15-10(19)4-3-9(13(15)22)17-25-14(12(21)16(23)26-17)18(27)29-7-8-2-5-11(20)24-6-8/h2-6H,7H2,1H3,(H2,23,25,26). The van der Waals surface area contributed by atoms with E-state index < -0.39 is 11.8 Å². The highest BCUT2D eigenvalue weighted by molar-refractivity contribution is 6.35. The van der Waals surface area contributed by atoms with E-state index in [1.807, 2.05) is 0 Å². The zero-order valence-electron chi connectivity index (χ0n) is 14.7. The third-order valence-corrected chi connectivity index (χ3v) is 4.62. The van der Waals surface area contributed by atoms with Gasteiger partial charge in [-0.1, -0.05) is 40.9 Å². The molecule has 2 N–H and O–H groups in total. The predicted octanol–water partition coefficient (Wildman–Crippen LogP) is 4.59. The van der Waals surface area contributed by atoms with Gasteiger partial charge in [-0.15, -0.1) is 0 Å². The van der Waals surface area contributed by atoms with Crippen LogP contribution >= 0.6 is 34.8 Å². The molecule has 0 aliphatic carbocycles. The second kappa shape index (κ2) is 8.77. The third-order valence-electron chi connectivity index (χ3n) is 3.72. The van der Waals surface area contributed by atoms with Crippen molar-refractivity contribution in [1.82, 2.24) is 15.0 Å². The topological polar surface area (TPSA) is 100 Å². The number of aromatic nitrogens is 3. The van der Waals surface area contributed by atoms with E-state index in [9.17, 15) is 9.18 Å². The summed E-state index contributed by atoms with van der Waals surface area (Å²) in [5.41, 5.74) is 5.97. The van der Waals surface area contributed by atoms with Crippen LogP contribution in [0, 0.1) is 5.82 Å². The lowest BCUT2D eigenvalue weighted by atomic mass is 10.1. The summed E-state index contributed by atoms with van der Waals surface area (Å²) in [6.45, 7) is -0.109. The van der Waals surface area contributed by atoms with Crippen molar-refractivity contribution in [2.75, 3.05) is 12.8 Å². The number of nitrogen functional groups attached to an aromatic ring is 1. The van der Waals surface area contributed by atoms with Crippen molar-refractivity contribution in [3.8, 4) is 17.1 Å². The second-order valence-electron chi connectivity index (χ2n) is 5.60. The molecule has 0 fully saturated rings. The average Bonchev–Trinajstić information content (AvgIpc) is 2.70. The summed E-state index contributed by atoms with van der Waals surface area (Å²) in [7, 11) is 1.26. The molecule has 2 aromatic heterocycles. The van der Waals surface area contributed by atoms with Crippen molar-refractivity contribution in [1.29, 1.82) is 0 Å². The van der Waals surface area contributed by atoms with Crippen molar-refractivity contribution in [2.24, 2.45) is 0 Å². The van der Waals surface area contributed by atoms with Crippen LogP contribution in [0.15, 0.2) is 30.5 Å². The maximum Gasteiger partial charge on any atom is 0.359 e. The van der Waals surface area contributed by atoms with Crippen molar-refractivity contribution >= 4 is 46.6 Å². The fourth-order valence-electron chi connectivity index (χ4n) is 2.32. The van der Waals surface area contributed by atoms with Crippen molar-refractivity contribution < 1.29 is 18.7 Å². The van der Waals surface area contributed by atoms with Crippen LogP contribution < -0.4 is 10.5 Å². The van der Waals surface area contributed by atoms with Crippen LogP contribution in [0.3, 0.4) is 0 Å². The summed E-state index contributed by atoms with van der Waals surface area (Å²) >= 11 is 17.7. The first-order chi connectivity index (χ1) is 13.8. The van der Waals surface area contributed by atoms with Gasteiger partial charge in [-0.2, -0.15) is 0 Å². The summed E-state index contributed by atoms with van der Waals surface area (Å²) in [5, 5.41) is 0.151. The number of halogens is 4. The Labute approximate surface area is 179 Å². The number of hydrogen-bond donors (Lipinski definition) is 1. The molecule has 0 spiro atoms. The molecule has 7 nitrogen and oxygen atoms in total. The number of methoxy groups -OCH3 is 1. The van der Waals surface area contributed by atoms with E-state index in [1.165, 1.54) is 25.4 Å². The van der Waals surface area contributed by atoms with Gasteiger partial charge in [0.05, 0.1) is 17.7 Å². The Morgan fingerprint density at radius 1 is 1.17 bits per heavy atom. The van der Waals surface area contributed by atoms with E-state index in [0.29, 0.717) is 10.7 Å². The molecule has 11 heteroatoms. The van der Waals surface area contributed by atoms with E-state index in [0.717, 1.165) is 0 Å². The number of anilines is 1. The minimum atomic E-state index is -0.873. The van der Waals surface area contributed by atoms with Gasteiger partial charge in [-0.05, 0) is 18.2 Å². The third kappa shape index (κ3) is 4.50. The number of hydrogen-bond acceptors (Lipinski definition) is 7. The number of benzene rings is 1. The van der Waals surface area contributed by atoms with Crippen molar-refractivity contribution in [3.63, 3.8) is 0 Å². The lowest BCUT2D eigenvalue weighted by Gasteiger charge is -2.11. The Balaban J connectivity index is 1.93. The zero-order valence-corrected chi connectivity index (χ0v) is 17.0. The number of carbonyl (C=O) groups excluding carboxylic acids is 1. The Morgan fingerprint density at radius 3 is 2.59 bits per heavy atom. The van der Waals surface area contributed by atoms with Gasteiger partial charge >= 0.3 is 5.97 Å². The van der Waals surface area contributed by atoms with E-state index in [2.05, 4.69) is 15.0 Å². The number of ether oxygens (including phenoxy) is 2. The normalized spacial score (nSPS) is 10.7. The highest BCUT2D eigenvalue weighted by atomic mass is 35.5. The molecule has 0 bridgehead atoms. The molecule has 3 rings (SSSR count). The van der Waals surface area contributed by atoms with Crippen LogP contribution in [-0.2, 0) is 11.3 Å². The monoisotopic (exact) mass is 456 g/mol. The van der Waals surface area contributed by atoms with E-state index in [-0.39, 0.29) is 45.3 Å². The fraction of sp³-hybridized carbons (Fsp3) is 0.111. The van der Waals surface area contributed by atoms with Crippen LogP contribution in [0.1, 0.15) is 16.1 Å². The largest absolute Gasteiger partial charge is 0.492 e. The molecule has 0 aliphatic rings. The molecular formula is C18H12Cl3FN4O3. The quantitative estimate of drug-likeness (QED) is 0.442. The molecule has 0 radical (unpaired) electrons. The van der Waals surface area contributed by atoms with Crippen molar-refractivity contribution in [2.45, 2.75) is 6.61 Å². The summed E-state index contributed by atoms with van der Waals surface area (Å²) in [4.78, 5) is 24.3. The number of nitrogens with two attached hydrogens (primary N) is 1. The first-order valence-electron chi connectivity index (χ1n) is 7.94. The van der Waals surface area contributed by atoms with Crippen LogP contribution in [0.4, 0.5) is 10.2 Å². The van der Waals surface area contributed by atoms with Gasteiger partial charge in [0.1, 0.15) is 22.6 Å². The van der Waals surface area contributed by atoms with Gasteiger partial charge in [0.15, 0.2) is 23.1 Å². The molecule has 2 heterocycles. The van der Waals surface area contributed by atoms with Crippen LogP contribution in [-0.4, -0.2) is 28.0 Å². The summed E-state index contributed by atoms with van der Waals surface area (Å²) < 4.78 is 24.8. The van der Waals surface area contributed by atoms with Gasteiger partial charge in [-0.25, -0.2) is 24.1 Å². The lowest BCUT2D eigenvalue weighted by molar-refractivity contribution is 0.0465. The number of esters is 1. The summed E-state index contributed by atoms with van der Waals surface area (Å²) in [6, 6.07) is 5.92. The van der Waals surface area contributed by atoms with Gasteiger partial charge in [-0.3, -0.25) is 0 Å². The molecule has 0 saturated heterocycles. The van der Waals surface area contributed by atoms with Crippen molar-refractivity contribution in [3.05, 3.63) is 62.7 Å². The van der Waals surface area contributed by atoms with Gasteiger partial charge < -0.3 is 15.2 Å². The lowest BCUT2D eigenvalue weighted by Crippen LogP contribution is -2.12. The Hall–Kier alpha value is -2.68. The first kappa shape index (κ1) is 21.0. The fourth-order valence-corrected chi connectivity index (χ4v) is 2.82. The van der Waals surface area contributed by atoms with Gasteiger partial charge in [0.2, 0.25) is 0 Å². The Kier molecular flexibility index (Phi) is 6.36. The average molecular weight is 458 g/mol. The molecule has 0 aliphatic heterocycles. The summed E-state index contributed by atoms with van der Waals surface area (Å²) in [5.74, 6) is -2.28. The highest BCUT2D eigenvalue weighted by Crippen LogP contribution is 2.35. The Bertz CT molecular complexity index is 1080. The minimum Gasteiger partial charge on any atom is -0.492 e. The number of rotatable bonds is 5. The smallest absolute Gasteiger partial charge is 0.359 e. The molecule has 29 heavy (non-hydrogen) atoms. The molecule has 150 valence electrons. The predicted molar refractivity (Wildman–Crippen MR) is 107 cm³/mol. The highest BCUT2D eigenvalue weighted by Gasteiger charge is 2.23. The molecule has 0 unspecified atom stereocenters. The molecular weight excluding hydrogens is 446 g/mol. The van der Waals surface area contributed by atoms with Gasteiger partial charge in [0.25, 0.3) is 0 Å². The summed E-state index contributed by atoms with van der Waals surface area (Å²) in [6.07, 6.45) is 1.45. The van der Waals surface area contributed by atoms with E-state index >= 15 is 0 Å². The Morgan fingerprint density at radius 2 is 1.93 bits per heavy atom. The van der Waals surface area contributed by atoms with Crippen LogP contribution in [0.2, 0.25) is 15.2 Å². The molecule has 3 aromatic rings. The van der Waals surface area contributed by atoms with E-state index in [4.69, 9.17) is 50.0 Å². The molecule has 0 atom stereocenters. The van der Waals surface area contributed by atoms with Gasteiger partial charge in [0, 0.05) is 11.8 Å². The molecule has 1 aromatic carbocycles. The number of nitrogens with zero attached hydrogens (tertiary/aromatic N) is 3. The molecule has 0 saturated carbocycles. The second-order valence-corrected chi connectivity index (χ2v) is 6.77. The number of pyridine rings is 1. The molecule has 0 amide bonds. The van der Waals surface area contributed by atoms with E-state index in [1.54, 1.807) is 12.1 Å².